The lowest BCUT2D eigenvalue weighted by molar-refractivity contribution is 0.116. The summed E-state index contributed by atoms with van der Waals surface area (Å²) in [6, 6.07) is 8.16. The first kappa shape index (κ1) is 18.6. The lowest BCUT2D eigenvalue weighted by Crippen LogP contribution is -2.38. The Morgan fingerprint density at radius 3 is 2.62 bits per heavy atom. The molecule has 134 valence electrons. The maximum absolute atomic E-state index is 12.0. The van der Waals surface area contributed by atoms with Crippen molar-refractivity contribution in [2.75, 3.05) is 24.5 Å². The van der Waals surface area contributed by atoms with Crippen LogP contribution >= 0.6 is 0 Å². The van der Waals surface area contributed by atoms with Crippen LogP contribution in [0.15, 0.2) is 24.3 Å². The van der Waals surface area contributed by atoms with Gasteiger partial charge in [0.2, 0.25) is 0 Å². The third-order valence-corrected chi connectivity index (χ3v) is 4.68. The third kappa shape index (κ3) is 5.41. The average Bonchev–Trinajstić information content (AvgIpc) is 3.09. The molecule has 1 aromatic rings. The van der Waals surface area contributed by atoms with Crippen molar-refractivity contribution >= 4 is 11.7 Å². The Balaban J connectivity index is 1.82. The minimum Gasteiger partial charge on any atom is -0.393 e. The number of aliphatic hydroxyl groups is 1. The Hall–Kier alpha value is -1.75. The fourth-order valence-corrected chi connectivity index (χ4v) is 2.96. The molecular weight excluding hydrogens is 302 g/mol. The zero-order valence-electron chi connectivity index (χ0n) is 15.1. The number of nitrogens with zero attached hydrogens (tertiary/aromatic N) is 1. The fourth-order valence-electron chi connectivity index (χ4n) is 2.96. The van der Waals surface area contributed by atoms with E-state index in [9.17, 15) is 9.90 Å². The van der Waals surface area contributed by atoms with Crippen molar-refractivity contribution in [1.29, 1.82) is 0 Å². The van der Waals surface area contributed by atoms with E-state index in [1.165, 1.54) is 18.5 Å². The number of benzene rings is 1. The molecule has 5 heteroatoms. The first-order chi connectivity index (χ1) is 11.5. The second-order valence-electron chi connectivity index (χ2n) is 7.01. The van der Waals surface area contributed by atoms with E-state index < -0.39 is 0 Å². The summed E-state index contributed by atoms with van der Waals surface area (Å²) in [7, 11) is 0. The van der Waals surface area contributed by atoms with Crippen LogP contribution in [0, 0.1) is 5.92 Å². The number of nitrogens with one attached hydrogen (secondary N) is 2. The van der Waals surface area contributed by atoms with E-state index in [1.807, 2.05) is 26.8 Å². The average molecular weight is 333 g/mol. The van der Waals surface area contributed by atoms with Gasteiger partial charge in [0.25, 0.3) is 0 Å². The number of amides is 2. The van der Waals surface area contributed by atoms with Crippen molar-refractivity contribution in [3.8, 4) is 0 Å². The highest BCUT2D eigenvalue weighted by molar-refractivity contribution is 5.74. The predicted molar refractivity (Wildman–Crippen MR) is 98.3 cm³/mol. The molecule has 0 radical (unpaired) electrons. The van der Waals surface area contributed by atoms with Crippen molar-refractivity contribution in [3.05, 3.63) is 29.8 Å². The van der Waals surface area contributed by atoms with Gasteiger partial charge in [0.15, 0.2) is 0 Å². The standard InChI is InChI=1S/C19H31N3O2/c1-14(2)18(23)9-10-20-19(24)21-15(3)16-7-6-8-17(13-16)22-11-4-5-12-22/h6-8,13-15,18,23H,4-5,9-12H2,1-3H3,(H2,20,21,24). The van der Waals surface area contributed by atoms with Crippen LogP contribution in [0.2, 0.25) is 0 Å². The Bertz CT molecular complexity index is 527. The van der Waals surface area contributed by atoms with E-state index in [4.69, 9.17) is 0 Å². The van der Waals surface area contributed by atoms with Gasteiger partial charge in [-0.3, -0.25) is 0 Å². The van der Waals surface area contributed by atoms with E-state index >= 15 is 0 Å². The van der Waals surface area contributed by atoms with Crippen LogP contribution < -0.4 is 15.5 Å². The van der Waals surface area contributed by atoms with Crippen LogP contribution in [0.3, 0.4) is 0 Å². The normalized spacial score (nSPS) is 17.0. The second-order valence-corrected chi connectivity index (χ2v) is 7.01. The van der Waals surface area contributed by atoms with Gasteiger partial charge in [-0.1, -0.05) is 26.0 Å². The van der Waals surface area contributed by atoms with Crippen LogP contribution in [-0.4, -0.2) is 36.9 Å². The predicted octanol–water partition coefficient (Wildman–Crippen LogP) is 3.05. The van der Waals surface area contributed by atoms with Gasteiger partial charge in [-0.05, 0) is 49.8 Å². The maximum Gasteiger partial charge on any atom is 0.315 e. The molecule has 2 amide bonds. The molecule has 2 atom stereocenters. The van der Waals surface area contributed by atoms with Crippen molar-refractivity contribution in [1.82, 2.24) is 10.6 Å². The van der Waals surface area contributed by atoms with Crippen molar-refractivity contribution in [2.24, 2.45) is 5.92 Å². The van der Waals surface area contributed by atoms with Crippen molar-refractivity contribution in [2.45, 2.75) is 52.2 Å². The summed E-state index contributed by atoms with van der Waals surface area (Å²) in [6.07, 6.45) is 2.70. The highest BCUT2D eigenvalue weighted by Crippen LogP contribution is 2.23. The van der Waals surface area contributed by atoms with E-state index in [2.05, 4.69) is 33.7 Å². The number of hydrogen-bond acceptors (Lipinski definition) is 3. The summed E-state index contributed by atoms with van der Waals surface area (Å²) in [5.41, 5.74) is 2.34. The number of urea groups is 1. The highest BCUT2D eigenvalue weighted by atomic mass is 16.3. The molecule has 1 saturated heterocycles. The van der Waals surface area contributed by atoms with Crippen LogP contribution in [0.25, 0.3) is 0 Å². The SMILES string of the molecule is CC(NC(=O)NCCC(O)C(C)C)c1cccc(N2CCCC2)c1. The number of anilines is 1. The van der Waals surface area contributed by atoms with Gasteiger partial charge in [0.05, 0.1) is 12.1 Å². The summed E-state index contributed by atoms with van der Waals surface area (Å²) in [5.74, 6) is 0.210. The lowest BCUT2D eigenvalue weighted by Gasteiger charge is -2.21. The minimum atomic E-state index is -0.375. The number of hydrogen-bond donors (Lipinski definition) is 3. The van der Waals surface area contributed by atoms with Crippen molar-refractivity contribution in [3.63, 3.8) is 0 Å². The molecule has 1 aliphatic rings. The Kier molecular flexibility index (Phi) is 6.91. The molecule has 0 spiro atoms. The molecule has 2 rings (SSSR count). The Morgan fingerprint density at radius 2 is 1.96 bits per heavy atom. The van der Waals surface area contributed by atoms with E-state index in [0.29, 0.717) is 13.0 Å². The van der Waals surface area contributed by atoms with Gasteiger partial charge < -0.3 is 20.6 Å². The lowest BCUT2D eigenvalue weighted by atomic mass is 10.0. The van der Waals surface area contributed by atoms with Gasteiger partial charge in [-0.25, -0.2) is 4.79 Å². The largest absolute Gasteiger partial charge is 0.393 e. The molecule has 3 N–H and O–H groups in total. The summed E-state index contributed by atoms with van der Waals surface area (Å²) < 4.78 is 0. The van der Waals surface area contributed by atoms with Gasteiger partial charge in [0.1, 0.15) is 0 Å². The topological polar surface area (TPSA) is 64.6 Å². The smallest absolute Gasteiger partial charge is 0.315 e. The molecule has 1 fully saturated rings. The quantitative estimate of drug-likeness (QED) is 0.718. The summed E-state index contributed by atoms with van der Waals surface area (Å²) in [6.45, 7) is 8.64. The van der Waals surface area contributed by atoms with Crippen LogP contribution in [0.4, 0.5) is 10.5 Å². The van der Waals surface area contributed by atoms with Gasteiger partial charge in [-0.15, -0.1) is 0 Å². The highest BCUT2D eigenvalue weighted by Gasteiger charge is 2.15. The van der Waals surface area contributed by atoms with Crippen LogP contribution in [0.5, 0.6) is 0 Å². The summed E-state index contributed by atoms with van der Waals surface area (Å²) >= 11 is 0. The zero-order valence-corrected chi connectivity index (χ0v) is 15.1. The van der Waals surface area contributed by atoms with Gasteiger partial charge in [0, 0.05) is 25.3 Å². The molecule has 2 unspecified atom stereocenters. The molecule has 0 aliphatic carbocycles. The maximum atomic E-state index is 12.0. The first-order valence-electron chi connectivity index (χ1n) is 9.04. The molecule has 5 nitrogen and oxygen atoms in total. The molecule has 0 saturated carbocycles. The molecule has 0 aromatic heterocycles. The van der Waals surface area contributed by atoms with E-state index in [-0.39, 0.29) is 24.1 Å². The Morgan fingerprint density at radius 1 is 1.25 bits per heavy atom. The molecule has 0 bridgehead atoms. The number of aliphatic hydroxyl groups excluding tert-OH is 1. The monoisotopic (exact) mass is 333 g/mol. The number of carbonyl (C=O) groups is 1. The van der Waals surface area contributed by atoms with Crippen molar-refractivity contribution < 1.29 is 9.90 Å². The van der Waals surface area contributed by atoms with E-state index in [1.54, 1.807) is 0 Å². The number of carbonyl (C=O) groups excluding carboxylic acids is 1. The molecule has 1 aliphatic heterocycles. The molecule has 1 heterocycles. The van der Waals surface area contributed by atoms with Crippen LogP contribution in [0.1, 0.15) is 51.6 Å². The molecular formula is C19H31N3O2. The fraction of sp³-hybridized carbons (Fsp3) is 0.632. The number of rotatable bonds is 7. The third-order valence-electron chi connectivity index (χ3n) is 4.68. The van der Waals surface area contributed by atoms with E-state index in [0.717, 1.165) is 18.7 Å². The summed E-state index contributed by atoms with van der Waals surface area (Å²) in [5, 5.41) is 15.5. The minimum absolute atomic E-state index is 0.0532. The zero-order chi connectivity index (χ0) is 17.5. The second kappa shape index (κ2) is 8.92. The van der Waals surface area contributed by atoms with Gasteiger partial charge in [-0.2, -0.15) is 0 Å². The molecule has 1 aromatic carbocycles. The van der Waals surface area contributed by atoms with Crippen LogP contribution in [-0.2, 0) is 0 Å². The Labute approximate surface area is 145 Å². The van der Waals surface area contributed by atoms with Gasteiger partial charge >= 0.3 is 6.03 Å². The summed E-state index contributed by atoms with van der Waals surface area (Å²) in [4.78, 5) is 14.4. The first-order valence-corrected chi connectivity index (χ1v) is 9.04. The molecule has 24 heavy (non-hydrogen) atoms.